The monoisotopic (exact) mass is 463 g/mol. The van der Waals surface area contributed by atoms with E-state index in [9.17, 15) is 9.59 Å². The predicted octanol–water partition coefficient (Wildman–Crippen LogP) is 3.28. The van der Waals surface area contributed by atoms with Gasteiger partial charge in [0.25, 0.3) is 5.91 Å². The number of nitrogens with zero attached hydrogens (tertiary/aromatic N) is 1. The zero-order valence-corrected chi connectivity index (χ0v) is 19.3. The highest BCUT2D eigenvalue weighted by atomic mass is 32.1. The first-order valence-electron chi connectivity index (χ1n) is 11.2. The molecule has 2 N–H and O–H groups in total. The summed E-state index contributed by atoms with van der Waals surface area (Å²) in [5, 5.41) is 8.11. The summed E-state index contributed by atoms with van der Waals surface area (Å²) in [5.41, 5.74) is 1.53. The molecule has 0 aliphatic carbocycles. The van der Waals surface area contributed by atoms with E-state index in [2.05, 4.69) is 27.0 Å². The number of rotatable bonds is 9. The van der Waals surface area contributed by atoms with Crippen LogP contribution in [0.15, 0.2) is 78.2 Å². The smallest absolute Gasteiger partial charge is 0.251 e. The second kappa shape index (κ2) is 11.7. The predicted molar refractivity (Wildman–Crippen MR) is 130 cm³/mol. The molecular formula is C26H29N3O3S. The Morgan fingerprint density at radius 1 is 0.939 bits per heavy atom. The third kappa shape index (κ3) is 6.51. The summed E-state index contributed by atoms with van der Waals surface area (Å²) in [6, 6.07) is 22.3. The number of thiophene rings is 1. The second-order valence-corrected chi connectivity index (χ2v) is 8.99. The molecule has 1 aromatic heterocycles. The molecule has 2 heterocycles. The normalized spacial score (nSPS) is 16.0. The first-order chi connectivity index (χ1) is 16.2. The number of hydrogen-bond donors (Lipinski definition) is 2. The lowest BCUT2D eigenvalue weighted by atomic mass is 10.0. The quantitative estimate of drug-likeness (QED) is 0.511. The number of amides is 2. The van der Waals surface area contributed by atoms with Crippen LogP contribution in [-0.4, -0.2) is 55.6 Å². The zero-order valence-electron chi connectivity index (χ0n) is 18.5. The SMILES string of the molecule is O=C(N[C@@H](Cc1ccccc1)C(=O)NC[C@@H](c1cccs1)N1CCOCC1)c1ccccc1. The van der Waals surface area contributed by atoms with E-state index in [1.165, 1.54) is 4.88 Å². The number of benzene rings is 2. The van der Waals surface area contributed by atoms with Gasteiger partial charge in [-0.15, -0.1) is 11.3 Å². The van der Waals surface area contributed by atoms with Crippen LogP contribution in [0.5, 0.6) is 0 Å². The molecule has 0 spiro atoms. The average Bonchev–Trinajstić information content (AvgIpc) is 3.40. The van der Waals surface area contributed by atoms with E-state index in [-0.39, 0.29) is 17.9 Å². The molecule has 1 fully saturated rings. The van der Waals surface area contributed by atoms with Gasteiger partial charge in [-0.1, -0.05) is 54.6 Å². The van der Waals surface area contributed by atoms with E-state index >= 15 is 0 Å². The summed E-state index contributed by atoms with van der Waals surface area (Å²) >= 11 is 1.69. The van der Waals surface area contributed by atoms with Crippen molar-refractivity contribution in [3.8, 4) is 0 Å². The van der Waals surface area contributed by atoms with E-state index in [0.29, 0.717) is 31.7 Å². The van der Waals surface area contributed by atoms with Crippen LogP contribution in [0.2, 0.25) is 0 Å². The number of ether oxygens (including phenoxy) is 1. The molecule has 6 nitrogen and oxygen atoms in total. The van der Waals surface area contributed by atoms with E-state index in [0.717, 1.165) is 18.7 Å². The van der Waals surface area contributed by atoms with Gasteiger partial charge in [0, 0.05) is 36.5 Å². The summed E-state index contributed by atoms with van der Waals surface area (Å²) in [6.45, 7) is 3.53. The van der Waals surface area contributed by atoms with E-state index in [4.69, 9.17) is 4.74 Å². The van der Waals surface area contributed by atoms with Gasteiger partial charge < -0.3 is 15.4 Å². The molecule has 1 aliphatic rings. The van der Waals surface area contributed by atoms with Crippen molar-refractivity contribution in [1.82, 2.24) is 15.5 Å². The second-order valence-electron chi connectivity index (χ2n) is 8.01. The number of hydrogen-bond acceptors (Lipinski definition) is 5. The minimum absolute atomic E-state index is 0.0834. The van der Waals surface area contributed by atoms with Gasteiger partial charge in [-0.2, -0.15) is 0 Å². The molecule has 0 unspecified atom stereocenters. The Kier molecular flexibility index (Phi) is 8.24. The van der Waals surface area contributed by atoms with Crippen molar-refractivity contribution in [2.45, 2.75) is 18.5 Å². The standard InChI is InChI=1S/C26H29N3O3S/c30-25(21-10-5-2-6-11-21)28-22(18-20-8-3-1-4-9-20)26(31)27-19-23(24-12-7-17-33-24)29-13-15-32-16-14-29/h1-12,17,22-23H,13-16,18-19H2,(H,27,31)(H,28,30)/t22-,23-/m0/s1. The highest BCUT2D eigenvalue weighted by Gasteiger charge is 2.27. The van der Waals surface area contributed by atoms with Crippen LogP contribution in [0.4, 0.5) is 0 Å². The maximum absolute atomic E-state index is 13.3. The van der Waals surface area contributed by atoms with Crippen molar-refractivity contribution >= 4 is 23.2 Å². The molecule has 1 aliphatic heterocycles. The zero-order chi connectivity index (χ0) is 22.9. The summed E-state index contributed by atoms with van der Waals surface area (Å²) in [6.07, 6.45) is 0.423. The van der Waals surface area contributed by atoms with Crippen LogP contribution < -0.4 is 10.6 Å². The minimum atomic E-state index is -0.672. The summed E-state index contributed by atoms with van der Waals surface area (Å²) in [4.78, 5) is 29.7. The lowest BCUT2D eigenvalue weighted by Gasteiger charge is -2.34. The van der Waals surface area contributed by atoms with Crippen LogP contribution in [-0.2, 0) is 16.0 Å². The van der Waals surface area contributed by atoms with Crippen LogP contribution in [0.3, 0.4) is 0 Å². The molecule has 2 aromatic carbocycles. The fourth-order valence-electron chi connectivity index (χ4n) is 3.99. The Morgan fingerprint density at radius 3 is 2.30 bits per heavy atom. The lowest BCUT2D eigenvalue weighted by molar-refractivity contribution is -0.123. The molecule has 3 aromatic rings. The summed E-state index contributed by atoms with van der Waals surface area (Å²) in [7, 11) is 0. The molecule has 2 atom stereocenters. The Morgan fingerprint density at radius 2 is 1.64 bits per heavy atom. The fourth-order valence-corrected chi connectivity index (χ4v) is 4.85. The molecule has 7 heteroatoms. The Hall–Kier alpha value is -3.00. The summed E-state index contributed by atoms with van der Waals surface area (Å²) in [5.74, 6) is -0.437. The molecule has 1 saturated heterocycles. The highest BCUT2D eigenvalue weighted by Crippen LogP contribution is 2.25. The molecule has 33 heavy (non-hydrogen) atoms. The Bertz CT molecular complexity index is 1010. The Balaban J connectivity index is 1.46. The fraction of sp³-hybridized carbons (Fsp3) is 0.308. The van der Waals surface area contributed by atoms with Crippen LogP contribution in [0.1, 0.15) is 26.8 Å². The van der Waals surface area contributed by atoms with Crippen molar-refractivity contribution in [2.75, 3.05) is 32.8 Å². The molecule has 0 bridgehead atoms. The maximum atomic E-state index is 13.3. The van der Waals surface area contributed by atoms with Gasteiger partial charge >= 0.3 is 0 Å². The maximum Gasteiger partial charge on any atom is 0.251 e. The highest BCUT2D eigenvalue weighted by molar-refractivity contribution is 7.10. The van der Waals surface area contributed by atoms with Crippen molar-refractivity contribution in [1.29, 1.82) is 0 Å². The third-order valence-corrected chi connectivity index (χ3v) is 6.74. The van der Waals surface area contributed by atoms with Crippen molar-refractivity contribution < 1.29 is 14.3 Å². The molecule has 0 radical (unpaired) electrons. The first kappa shape index (κ1) is 23.2. The van der Waals surface area contributed by atoms with Crippen molar-refractivity contribution in [3.05, 3.63) is 94.2 Å². The van der Waals surface area contributed by atoms with Crippen molar-refractivity contribution in [2.24, 2.45) is 0 Å². The first-order valence-corrected chi connectivity index (χ1v) is 12.1. The molecule has 4 rings (SSSR count). The van der Waals surface area contributed by atoms with Gasteiger partial charge in [-0.3, -0.25) is 14.5 Å². The lowest BCUT2D eigenvalue weighted by Crippen LogP contribution is -2.50. The van der Waals surface area contributed by atoms with E-state index < -0.39 is 6.04 Å². The van der Waals surface area contributed by atoms with Gasteiger partial charge in [0.1, 0.15) is 6.04 Å². The summed E-state index contributed by atoms with van der Waals surface area (Å²) < 4.78 is 5.51. The average molecular weight is 464 g/mol. The largest absolute Gasteiger partial charge is 0.379 e. The van der Waals surface area contributed by atoms with E-state index in [1.807, 2.05) is 54.6 Å². The van der Waals surface area contributed by atoms with Crippen LogP contribution >= 0.6 is 11.3 Å². The van der Waals surface area contributed by atoms with Crippen LogP contribution in [0.25, 0.3) is 0 Å². The molecule has 172 valence electrons. The molecule has 2 amide bonds. The van der Waals surface area contributed by atoms with Gasteiger partial charge in [0.05, 0.1) is 19.3 Å². The number of carbonyl (C=O) groups excluding carboxylic acids is 2. The Labute approximate surface area is 198 Å². The number of morpholine rings is 1. The third-order valence-electron chi connectivity index (χ3n) is 5.77. The van der Waals surface area contributed by atoms with Crippen LogP contribution in [0, 0.1) is 0 Å². The molecular weight excluding hydrogens is 434 g/mol. The minimum Gasteiger partial charge on any atom is -0.379 e. The van der Waals surface area contributed by atoms with Gasteiger partial charge in [-0.05, 0) is 29.1 Å². The van der Waals surface area contributed by atoms with Gasteiger partial charge in [0.2, 0.25) is 5.91 Å². The topological polar surface area (TPSA) is 70.7 Å². The molecule has 0 saturated carbocycles. The van der Waals surface area contributed by atoms with E-state index in [1.54, 1.807) is 23.5 Å². The van der Waals surface area contributed by atoms with Gasteiger partial charge in [0.15, 0.2) is 0 Å². The van der Waals surface area contributed by atoms with Gasteiger partial charge in [-0.25, -0.2) is 0 Å². The number of carbonyl (C=O) groups is 2. The number of nitrogens with one attached hydrogen (secondary N) is 2. The van der Waals surface area contributed by atoms with Crippen molar-refractivity contribution in [3.63, 3.8) is 0 Å².